The van der Waals surface area contributed by atoms with Crippen LogP contribution < -0.4 is 11.1 Å². The number of halogens is 1. The lowest BCUT2D eigenvalue weighted by molar-refractivity contribution is 0.123. The maximum absolute atomic E-state index is 13.0. The Morgan fingerprint density at radius 1 is 1.04 bits per heavy atom. The van der Waals surface area contributed by atoms with Gasteiger partial charge in [0.05, 0.1) is 0 Å². The quantitative estimate of drug-likeness (QED) is 0.513. The van der Waals surface area contributed by atoms with Crippen molar-refractivity contribution < 1.29 is 4.39 Å². The molecule has 0 heterocycles. The second-order valence-corrected chi connectivity index (χ2v) is 8.41. The standard InChI is InChI=1S/C23H32BFN2/c1-23(26,12-2-3-13-24)20-14-22(15-20)27-16-17-4-6-18(7-5-17)19-8-10-21(25)11-9-19/h4-11,20,22,27H,2-3,12-16,24,26H2,1H3/t20-,22+,23-/m0/s1. The summed E-state index contributed by atoms with van der Waals surface area (Å²) in [6.07, 6.45) is 7.31. The Labute approximate surface area is 164 Å². The Morgan fingerprint density at radius 3 is 2.22 bits per heavy atom. The summed E-state index contributed by atoms with van der Waals surface area (Å²) in [4.78, 5) is 0. The van der Waals surface area contributed by atoms with Crippen LogP contribution in [-0.2, 0) is 6.54 Å². The molecular weight excluding hydrogens is 334 g/mol. The Kier molecular flexibility index (Phi) is 6.72. The number of hydrogen-bond acceptors (Lipinski definition) is 2. The number of nitrogens with two attached hydrogens (primary N) is 1. The molecule has 27 heavy (non-hydrogen) atoms. The fraction of sp³-hybridized carbons (Fsp3) is 0.478. The molecule has 2 aromatic carbocycles. The molecule has 0 bridgehead atoms. The van der Waals surface area contributed by atoms with Gasteiger partial charge in [-0.3, -0.25) is 0 Å². The van der Waals surface area contributed by atoms with Gasteiger partial charge in [-0.2, -0.15) is 0 Å². The number of rotatable bonds is 9. The Bertz CT molecular complexity index is 706. The highest BCUT2D eigenvalue weighted by Gasteiger charge is 2.39. The van der Waals surface area contributed by atoms with E-state index in [0.717, 1.165) is 24.1 Å². The van der Waals surface area contributed by atoms with E-state index in [4.69, 9.17) is 5.73 Å². The first-order chi connectivity index (χ1) is 13.0. The van der Waals surface area contributed by atoms with E-state index in [1.165, 1.54) is 49.7 Å². The highest BCUT2D eigenvalue weighted by molar-refractivity contribution is 6.08. The molecule has 1 atom stereocenters. The summed E-state index contributed by atoms with van der Waals surface area (Å²) in [5, 5.41) is 3.67. The van der Waals surface area contributed by atoms with Gasteiger partial charge < -0.3 is 11.1 Å². The smallest absolute Gasteiger partial charge is 0.123 e. The van der Waals surface area contributed by atoms with Crippen molar-refractivity contribution in [3.8, 4) is 11.1 Å². The van der Waals surface area contributed by atoms with Crippen LogP contribution >= 0.6 is 0 Å². The molecule has 0 radical (unpaired) electrons. The topological polar surface area (TPSA) is 38.0 Å². The third-order valence-corrected chi connectivity index (χ3v) is 6.12. The zero-order valence-electron chi connectivity index (χ0n) is 16.7. The van der Waals surface area contributed by atoms with Crippen molar-refractivity contribution in [2.24, 2.45) is 11.7 Å². The van der Waals surface area contributed by atoms with Crippen molar-refractivity contribution in [2.75, 3.05) is 0 Å². The lowest BCUT2D eigenvalue weighted by Crippen LogP contribution is -2.54. The van der Waals surface area contributed by atoms with E-state index in [1.54, 1.807) is 0 Å². The van der Waals surface area contributed by atoms with Gasteiger partial charge in [-0.1, -0.05) is 55.6 Å². The van der Waals surface area contributed by atoms with Gasteiger partial charge in [-0.05, 0) is 60.9 Å². The van der Waals surface area contributed by atoms with Crippen LogP contribution in [0.2, 0.25) is 6.32 Å². The molecule has 0 amide bonds. The second-order valence-electron chi connectivity index (χ2n) is 8.41. The van der Waals surface area contributed by atoms with Crippen molar-refractivity contribution in [3.63, 3.8) is 0 Å². The van der Waals surface area contributed by atoms with E-state index in [-0.39, 0.29) is 11.4 Å². The van der Waals surface area contributed by atoms with Gasteiger partial charge in [0.2, 0.25) is 0 Å². The molecule has 3 rings (SSSR count). The average molecular weight is 366 g/mol. The van der Waals surface area contributed by atoms with E-state index < -0.39 is 0 Å². The van der Waals surface area contributed by atoms with E-state index in [0.29, 0.717) is 12.0 Å². The van der Waals surface area contributed by atoms with Crippen LogP contribution in [-0.4, -0.2) is 19.4 Å². The van der Waals surface area contributed by atoms with Crippen molar-refractivity contribution in [2.45, 2.75) is 63.5 Å². The lowest BCUT2D eigenvalue weighted by Gasteiger charge is -2.46. The Hall–Kier alpha value is -1.65. The minimum absolute atomic E-state index is 0.00977. The second kappa shape index (κ2) is 9.03. The molecule has 0 saturated heterocycles. The SMILES string of the molecule is BCCCC[C@](C)(N)[C@H]1C[C@@H](NCc2ccc(-c3ccc(F)cc3)cc2)C1. The van der Waals surface area contributed by atoms with Crippen LogP contribution in [0, 0.1) is 11.7 Å². The first-order valence-electron chi connectivity index (χ1n) is 10.3. The largest absolute Gasteiger partial charge is 0.325 e. The molecule has 0 aromatic heterocycles. The molecule has 1 saturated carbocycles. The summed E-state index contributed by atoms with van der Waals surface area (Å²) in [7, 11) is 2.24. The monoisotopic (exact) mass is 366 g/mol. The number of hydrogen-bond donors (Lipinski definition) is 2. The first kappa shape index (κ1) is 20.1. The zero-order valence-corrected chi connectivity index (χ0v) is 16.7. The normalized spacial score (nSPS) is 21.4. The van der Waals surface area contributed by atoms with Crippen LogP contribution in [0.3, 0.4) is 0 Å². The molecule has 2 aromatic rings. The number of unbranched alkanes of at least 4 members (excludes halogenated alkanes) is 1. The molecular formula is C23H32BFN2. The zero-order chi connectivity index (χ0) is 19.3. The highest BCUT2D eigenvalue weighted by Crippen LogP contribution is 2.38. The predicted octanol–water partition coefficient (Wildman–Crippen LogP) is 4.30. The first-order valence-corrected chi connectivity index (χ1v) is 10.3. The molecule has 1 fully saturated rings. The fourth-order valence-electron chi connectivity index (χ4n) is 4.00. The third kappa shape index (κ3) is 5.43. The fourth-order valence-corrected chi connectivity index (χ4v) is 4.00. The van der Waals surface area contributed by atoms with Crippen LogP contribution in [0.15, 0.2) is 48.5 Å². The van der Waals surface area contributed by atoms with Gasteiger partial charge in [0.15, 0.2) is 0 Å². The molecule has 0 aliphatic heterocycles. The number of nitrogens with one attached hydrogen (secondary N) is 1. The maximum Gasteiger partial charge on any atom is 0.123 e. The summed E-state index contributed by atoms with van der Waals surface area (Å²) in [5.41, 5.74) is 10.00. The third-order valence-electron chi connectivity index (χ3n) is 6.12. The van der Waals surface area contributed by atoms with Gasteiger partial charge in [0.1, 0.15) is 13.7 Å². The Balaban J connectivity index is 1.43. The average Bonchev–Trinajstić information content (AvgIpc) is 2.61. The minimum atomic E-state index is -0.197. The summed E-state index contributed by atoms with van der Waals surface area (Å²) >= 11 is 0. The van der Waals surface area contributed by atoms with E-state index in [1.807, 2.05) is 12.1 Å². The predicted molar refractivity (Wildman–Crippen MR) is 115 cm³/mol. The molecule has 4 heteroatoms. The van der Waals surface area contributed by atoms with Gasteiger partial charge in [0, 0.05) is 18.1 Å². The van der Waals surface area contributed by atoms with Crippen LogP contribution in [0.25, 0.3) is 11.1 Å². The molecule has 0 unspecified atom stereocenters. The highest BCUT2D eigenvalue weighted by atomic mass is 19.1. The molecule has 1 aliphatic rings. The molecule has 2 nitrogen and oxygen atoms in total. The summed E-state index contributed by atoms with van der Waals surface area (Å²) < 4.78 is 13.0. The van der Waals surface area contributed by atoms with Crippen molar-refractivity contribution in [1.82, 2.24) is 5.32 Å². The summed E-state index contributed by atoms with van der Waals surface area (Å²) in [6.45, 7) is 3.12. The van der Waals surface area contributed by atoms with Gasteiger partial charge in [-0.15, -0.1) is 0 Å². The lowest BCUT2D eigenvalue weighted by atomic mass is 9.67. The molecule has 3 N–H and O–H groups in total. The van der Waals surface area contributed by atoms with E-state index in [2.05, 4.69) is 44.4 Å². The molecule has 0 spiro atoms. The maximum atomic E-state index is 13.0. The van der Waals surface area contributed by atoms with Crippen molar-refractivity contribution in [1.29, 1.82) is 0 Å². The van der Waals surface area contributed by atoms with Gasteiger partial charge in [0.25, 0.3) is 0 Å². The van der Waals surface area contributed by atoms with E-state index in [9.17, 15) is 4.39 Å². The van der Waals surface area contributed by atoms with Crippen LogP contribution in [0.4, 0.5) is 4.39 Å². The van der Waals surface area contributed by atoms with Gasteiger partial charge in [-0.25, -0.2) is 4.39 Å². The molecule has 1 aliphatic carbocycles. The van der Waals surface area contributed by atoms with Gasteiger partial charge >= 0.3 is 0 Å². The number of benzene rings is 2. The van der Waals surface area contributed by atoms with Crippen LogP contribution in [0.5, 0.6) is 0 Å². The minimum Gasteiger partial charge on any atom is -0.325 e. The summed E-state index contributed by atoms with van der Waals surface area (Å²) in [6, 6.07) is 15.8. The van der Waals surface area contributed by atoms with Crippen molar-refractivity contribution in [3.05, 3.63) is 59.9 Å². The Morgan fingerprint density at radius 2 is 1.63 bits per heavy atom. The summed E-state index contributed by atoms with van der Waals surface area (Å²) in [5.74, 6) is 0.449. The van der Waals surface area contributed by atoms with Crippen LogP contribution in [0.1, 0.15) is 44.6 Å². The van der Waals surface area contributed by atoms with Crippen molar-refractivity contribution >= 4 is 7.85 Å². The molecule has 144 valence electrons. The van der Waals surface area contributed by atoms with E-state index >= 15 is 0 Å².